The highest BCUT2D eigenvalue weighted by atomic mass is 79.9. The maximum absolute atomic E-state index is 13.1. The van der Waals surface area contributed by atoms with Crippen LogP contribution in [-0.4, -0.2) is 23.3 Å². The van der Waals surface area contributed by atoms with Gasteiger partial charge >= 0.3 is 0 Å². The van der Waals surface area contributed by atoms with E-state index in [-0.39, 0.29) is 5.82 Å². The van der Waals surface area contributed by atoms with E-state index in [4.69, 9.17) is 11.6 Å². The highest BCUT2D eigenvalue weighted by Crippen LogP contribution is 2.19. The van der Waals surface area contributed by atoms with Crippen LogP contribution in [0.3, 0.4) is 0 Å². The van der Waals surface area contributed by atoms with E-state index in [9.17, 15) is 4.39 Å². The molecule has 1 nitrogen and oxygen atoms in total. The first kappa shape index (κ1) is 13.9. The van der Waals surface area contributed by atoms with Crippen LogP contribution in [0, 0.1) is 5.82 Å². The zero-order valence-electron chi connectivity index (χ0n) is 9.35. The van der Waals surface area contributed by atoms with E-state index >= 15 is 0 Å². The standard InChI is InChI=1S/C12H16BrClFN/c1-2-6-16(7-5-13)9-10-8-11(15)3-4-12(10)14/h3-4,8H,2,5-7,9H2,1H3. The summed E-state index contributed by atoms with van der Waals surface area (Å²) in [6.07, 6.45) is 1.08. The third-order valence-corrected chi connectivity index (χ3v) is 3.07. The second kappa shape index (κ2) is 7.25. The average molecular weight is 309 g/mol. The van der Waals surface area contributed by atoms with Gasteiger partial charge in [0, 0.05) is 23.4 Å². The van der Waals surface area contributed by atoms with Gasteiger partial charge in [-0.05, 0) is 36.7 Å². The summed E-state index contributed by atoms with van der Waals surface area (Å²) in [5.41, 5.74) is 0.857. The third-order valence-electron chi connectivity index (χ3n) is 2.34. The van der Waals surface area contributed by atoms with Gasteiger partial charge < -0.3 is 0 Å². The number of hydrogen-bond donors (Lipinski definition) is 0. The fraction of sp³-hybridized carbons (Fsp3) is 0.500. The molecule has 0 aliphatic carbocycles. The van der Waals surface area contributed by atoms with Crippen molar-refractivity contribution in [3.8, 4) is 0 Å². The molecule has 0 radical (unpaired) electrons. The fourth-order valence-electron chi connectivity index (χ4n) is 1.61. The highest BCUT2D eigenvalue weighted by Gasteiger charge is 2.08. The molecule has 90 valence electrons. The zero-order chi connectivity index (χ0) is 12.0. The van der Waals surface area contributed by atoms with Crippen molar-refractivity contribution in [2.45, 2.75) is 19.9 Å². The lowest BCUT2D eigenvalue weighted by molar-refractivity contribution is 0.283. The number of hydrogen-bond acceptors (Lipinski definition) is 1. The Balaban J connectivity index is 2.71. The topological polar surface area (TPSA) is 3.24 Å². The van der Waals surface area contributed by atoms with Crippen LogP contribution in [0.15, 0.2) is 18.2 Å². The Morgan fingerprint density at radius 1 is 1.38 bits per heavy atom. The van der Waals surface area contributed by atoms with Gasteiger partial charge in [0.2, 0.25) is 0 Å². The Bertz CT molecular complexity index is 327. The summed E-state index contributed by atoms with van der Waals surface area (Å²) < 4.78 is 13.1. The Kier molecular flexibility index (Phi) is 6.32. The molecule has 1 aromatic rings. The summed E-state index contributed by atoms with van der Waals surface area (Å²) >= 11 is 9.45. The Labute approximate surface area is 110 Å². The van der Waals surface area contributed by atoms with Gasteiger partial charge in [0.15, 0.2) is 0 Å². The van der Waals surface area contributed by atoms with Crippen LogP contribution in [0.25, 0.3) is 0 Å². The van der Waals surface area contributed by atoms with Crippen molar-refractivity contribution >= 4 is 27.5 Å². The molecule has 0 unspecified atom stereocenters. The van der Waals surface area contributed by atoms with E-state index in [0.29, 0.717) is 11.6 Å². The SMILES string of the molecule is CCCN(CCBr)Cc1cc(F)ccc1Cl. The zero-order valence-corrected chi connectivity index (χ0v) is 11.7. The lowest BCUT2D eigenvalue weighted by Gasteiger charge is -2.21. The van der Waals surface area contributed by atoms with Gasteiger partial charge in [-0.25, -0.2) is 4.39 Å². The first-order valence-electron chi connectivity index (χ1n) is 5.39. The summed E-state index contributed by atoms with van der Waals surface area (Å²) in [7, 11) is 0. The predicted molar refractivity (Wildman–Crippen MR) is 70.8 cm³/mol. The molecule has 0 fully saturated rings. The van der Waals surface area contributed by atoms with Gasteiger partial charge in [-0.15, -0.1) is 0 Å². The molecule has 0 atom stereocenters. The molecule has 0 bridgehead atoms. The smallest absolute Gasteiger partial charge is 0.123 e. The summed E-state index contributed by atoms with van der Waals surface area (Å²) in [4.78, 5) is 2.26. The molecule has 1 aromatic carbocycles. The van der Waals surface area contributed by atoms with Crippen LogP contribution in [0.2, 0.25) is 5.02 Å². The molecule has 0 saturated carbocycles. The average Bonchev–Trinajstić information content (AvgIpc) is 2.24. The van der Waals surface area contributed by atoms with Crippen molar-refractivity contribution in [2.75, 3.05) is 18.4 Å². The number of halogens is 3. The molecule has 0 aliphatic rings. The lowest BCUT2D eigenvalue weighted by atomic mass is 10.2. The summed E-state index contributed by atoms with van der Waals surface area (Å²) in [6.45, 7) is 4.78. The normalized spacial score (nSPS) is 11.1. The molecular weight excluding hydrogens is 292 g/mol. The number of rotatable bonds is 6. The van der Waals surface area contributed by atoms with E-state index in [1.807, 2.05) is 0 Å². The quantitative estimate of drug-likeness (QED) is 0.716. The largest absolute Gasteiger partial charge is 0.298 e. The van der Waals surface area contributed by atoms with Crippen molar-refractivity contribution in [1.82, 2.24) is 4.90 Å². The first-order valence-corrected chi connectivity index (χ1v) is 6.89. The monoisotopic (exact) mass is 307 g/mol. The molecule has 0 N–H and O–H groups in total. The predicted octanol–water partition coefficient (Wildman–Crippen LogP) is 4.09. The van der Waals surface area contributed by atoms with Gasteiger partial charge in [0.1, 0.15) is 5.82 Å². The fourth-order valence-corrected chi connectivity index (χ4v) is 2.29. The van der Waals surface area contributed by atoms with Gasteiger partial charge in [-0.2, -0.15) is 0 Å². The van der Waals surface area contributed by atoms with E-state index < -0.39 is 0 Å². The van der Waals surface area contributed by atoms with E-state index in [1.165, 1.54) is 12.1 Å². The van der Waals surface area contributed by atoms with E-state index in [0.717, 1.165) is 30.4 Å². The molecule has 0 aliphatic heterocycles. The lowest BCUT2D eigenvalue weighted by Crippen LogP contribution is -2.26. The molecule has 0 amide bonds. The third kappa shape index (κ3) is 4.40. The molecule has 0 heterocycles. The molecule has 1 rings (SSSR count). The summed E-state index contributed by atoms with van der Waals surface area (Å²) in [6, 6.07) is 4.52. The second-order valence-corrected chi connectivity index (χ2v) is 4.90. The van der Waals surface area contributed by atoms with Crippen molar-refractivity contribution in [1.29, 1.82) is 0 Å². The number of benzene rings is 1. The van der Waals surface area contributed by atoms with Crippen LogP contribution in [0.4, 0.5) is 4.39 Å². The number of alkyl halides is 1. The second-order valence-electron chi connectivity index (χ2n) is 3.70. The minimum atomic E-state index is -0.227. The molecule has 4 heteroatoms. The van der Waals surface area contributed by atoms with Gasteiger partial charge in [0.25, 0.3) is 0 Å². The van der Waals surface area contributed by atoms with Crippen molar-refractivity contribution in [2.24, 2.45) is 0 Å². The first-order chi connectivity index (χ1) is 7.67. The number of nitrogens with zero attached hydrogens (tertiary/aromatic N) is 1. The van der Waals surface area contributed by atoms with Crippen LogP contribution in [0.1, 0.15) is 18.9 Å². The minimum Gasteiger partial charge on any atom is -0.298 e. The Morgan fingerprint density at radius 2 is 2.12 bits per heavy atom. The Hall–Kier alpha value is -0.120. The molecule has 0 spiro atoms. The van der Waals surface area contributed by atoms with Crippen LogP contribution in [0.5, 0.6) is 0 Å². The van der Waals surface area contributed by atoms with Gasteiger partial charge in [0.05, 0.1) is 0 Å². The van der Waals surface area contributed by atoms with Crippen molar-refractivity contribution in [3.63, 3.8) is 0 Å². The molecule has 16 heavy (non-hydrogen) atoms. The highest BCUT2D eigenvalue weighted by molar-refractivity contribution is 9.09. The maximum Gasteiger partial charge on any atom is 0.123 e. The van der Waals surface area contributed by atoms with Gasteiger partial charge in [-0.3, -0.25) is 4.90 Å². The van der Waals surface area contributed by atoms with Crippen LogP contribution in [-0.2, 0) is 6.54 Å². The molecule has 0 aromatic heterocycles. The molecular formula is C12H16BrClFN. The van der Waals surface area contributed by atoms with Crippen molar-refractivity contribution in [3.05, 3.63) is 34.6 Å². The Morgan fingerprint density at radius 3 is 2.75 bits per heavy atom. The van der Waals surface area contributed by atoms with E-state index in [1.54, 1.807) is 6.07 Å². The van der Waals surface area contributed by atoms with E-state index in [2.05, 4.69) is 27.8 Å². The maximum atomic E-state index is 13.1. The summed E-state index contributed by atoms with van der Waals surface area (Å²) in [5.74, 6) is -0.227. The minimum absolute atomic E-state index is 0.227. The summed E-state index contributed by atoms with van der Waals surface area (Å²) in [5, 5.41) is 1.55. The van der Waals surface area contributed by atoms with Crippen LogP contribution >= 0.6 is 27.5 Å². The van der Waals surface area contributed by atoms with Crippen molar-refractivity contribution < 1.29 is 4.39 Å². The molecule has 0 saturated heterocycles. The van der Waals surface area contributed by atoms with Crippen LogP contribution < -0.4 is 0 Å². The van der Waals surface area contributed by atoms with Gasteiger partial charge in [-0.1, -0.05) is 34.5 Å².